The summed E-state index contributed by atoms with van der Waals surface area (Å²) in [6, 6.07) is 16.4. The highest BCUT2D eigenvalue weighted by molar-refractivity contribution is 7.11. The van der Waals surface area contributed by atoms with Crippen LogP contribution in [0.1, 0.15) is 16.0 Å². The average molecular weight is 409 g/mol. The molecule has 6 heteroatoms. The third-order valence-electron chi connectivity index (χ3n) is 4.81. The largest absolute Gasteiger partial charge is 0.350 e. The fourth-order valence-corrected chi connectivity index (χ4v) is 4.16. The molecule has 1 aliphatic heterocycles. The zero-order valence-electron chi connectivity index (χ0n) is 15.3. The summed E-state index contributed by atoms with van der Waals surface area (Å²) in [5, 5.41) is 5.45. The van der Waals surface area contributed by atoms with Gasteiger partial charge < -0.3 is 5.32 Å². The van der Waals surface area contributed by atoms with Gasteiger partial charge in [0.2, 0.25) is 0 Å². The second kappa shape index (κ2) is 7.26. The predicted octanol–water partition coefficient (Wildman–Crippen LogP) is 5.41. The van der Waals surface area contributed by atoms with Crippen LogP contribution in [0.15, 0.2) is 65.7 Å². The van der Waals surface area contributed by atoms with Crippen LogP contribution in [0.25, 0.3) is 5.57 Å². The van der Waals surface area contributed by atoms with Gasteiger partial charge in [-0.25, -0.2) is 4.90 Å². The molecule has 2 aromatic carbocycles. The van der Waals surface area contributed by atoms with E-state index in [1.807, 2.05) is 49.6 Å². The Labute approximate surface area is 172 Å². The minimum atomic E-state index is -0.414. The fraction of sp³-hybridized carbons (Fsp3) is 0.0909. The Balaban J connectivity index is 1.85. The van der Waals surface area contributed by atoms with Crippen molar-refractivity contribution in [2.45, 2.75) is 13.8 Å². The number of hydrogen-bond donors (Lipinski definition) is 1. The molecule has 0 atom stereocenters. The lowest BCUT2D eigenvalue weighted by Crippen LogP contribution is -2.32. The molecule has 1 N–H and O–H groups in total. The monoisotopic (exact) mass is 408 g/mol. The molecule has 0 radical (unpaired) electrons. The van der Waals surface area contributed by atoms with E-state index in [0.29, 0.717) is 16.3 Å². The van der Waals surface area contributed by atoms with E-state index >= 15 is 0 Å². The van der Waals surface area contributed by atoms with E-state index in [-0.39, 0.29) is 11.6 Å². The first-order valence-electron chi connectivity index (χ1n) is 8.73. The maximum absolute atomic E-state index is 13.3. The van der Waals surface area contributed by atoms with Gasteiger partial charge in [0, 0.05) is 10.6 Å². The topological polar surface area (TPSA) is 49.4 Å². The number of nitrogens with one attached hydrogen (secondary N) is 1. The van der Waals surface area contributed by atoms with Gasteiger partial charge in [-0.1, -0.05) is 41.9 Å². The van der Waals surface area contributed by atoms with E-state index in [9.17, 15) is 9.59 Å². The molecule has 0 bridgehead atoms. The molecule has 1 aromatic heterocycles. The molecule has 0 unspecified atom stereocenters. The van der Waals surface area contributed by atoms with Crippen molar-refractivity contribution >= 4 is 51.7 Å². The van der Waals surface area contributed by atoms with Crippen LogP contribution in [0.5, 0.6) is 0 Å². The smallest absolute Gasteiger partial charge is 0.282 e. The molecule has 1 aliphatic rings. The van der Waals surface area contributed by atoms with Crippen LogP contribution in [-0.2, 0) is 9.59 Å². The number of rotatable bonds is 4. The summed E-state index contributed by atoms with van der Waals surface area (Å²) in [4.78, 5) is 28.5. The number of benzene rings is 2. The van der Waals surface area contributed by atoms with Crippen LogP contribution in [0.4, 0.5) is 11.4 Å². The van der Waals surface area contributed by atoms with E-state index in [4.69, 9.17) is 11.6 Å². The van der Waals surface area contributed by atoms with Gasteiger partial charge >= 0.3 is 0 Å². The van der Waals surface area contributed by atoms with Crippen LogP contribution in [0.2, 0.25) is 5.02 Å². The predicted molar refractivity (Wildman–Crippen MR) is 115 cm³/mol. The van der Waals surface area contributed by atoms with Gasteiger partial charge in [-0.15, -0.1) is 11.3 Å². The summed E-state index contributed by atoms with van der Waals surface area (Å²) in [6.07, 6.45) is 0. The van der Waals surface area contributed by atoms with Crippen molar-refractivity contribution in [1.29, 1.82) is 0 Å². The normalized spacial score (nSPS) is 14.2. The maximum Gasteiger partial charge on any atom is 0.282 e. The zero-order chi connectivity index (χ0) is 19.8. The Hall–Kier alpha value is -2.89. The van der Waals surface area contributed by atoms with Crippen molar-refractivity contribution in [3.05, 3.63) is 86.7 Å². The third-order valence-corrected chi connectivity index (χ3v) is 6.02. The summed E-state index contributed by atoms with van der Waals surface area (Å²) in [6.45, 7) is 3.99. The van der Waals surface area contributed by atoms with Crippen LogP contribution >= 0.6 is 22.9 Å². The summed E-state index contributed by atoms with van der Waals surface area (Å²) in [5.74, 6) is -0.796. The first-order valence-corrected chi connectivity index (χ1v) is 9.99. The van der Waals surface area contributed by atoms with Crippen molar-refractivity contribution in [3.63, 3.8) is 0 Å². The highest BCUT2D eigenvalue weighted by atomic mass is 35.5. The van der Waals surface area contributed by atoms with Crippen LogP contribution in [-0.4, -0.2) is 11.8 Å². The van der Waals surface area contributed by atoms with Crippen molar-refractivity contribution < 1.29 is 9.59 Å². The third kappa shape index (κ3) is 3.03. The number of carbonyl (C=O) groups is 2. The van der Waals surface area contributed by atoms with E-state index in [1.165, 1.54) is 11.3 Å². The van der Waals surface area contributed by atoms with Gasteiger partial charge in [0.25, 0.3) is 11.8 Å². The maximum atomic E-state index is 13.3. The number of halogens is 1. The number of thiophene rings is 1. The Morgan fingerprint density at radius 1 is 0.929 bits per heavy atom. The molecule has 4 nitrogen and oxygen atoms in total. The van der Waals surface area contributed by atoms with Crippen LogP contribution < -0.4 is 10.2 Å². The second-order valence-electron chi connectivity index (χ2n) is 6.50. The molecule has 3 aromatic rings. The van der Waals surface area contributed by atoms with Gasteiger partial charge in [-0.05, 0) is 54.6 Å². The Bertz CT molecular complexity index is 1120. The highest BCUT2D eigenvalue weighted by Gasteiger charge is 2.41. The Morgan fingerprint density at radius 2 is 1.71 bits per heavy atom. The molecular weight excluding hydrogens is 392 g/mol. The second-order valence-corrected chi connectivity index (χ2v) is 7.85. The molecule has 0 aliphatic carbocycles. The summed E-state index contributed by atoms with van der Waals surface area (Å²) >= 11 is 7.70. The lowest BCUT2D eigenvalue weighted by atomic mass is 10.1. The number of aryl methyl sites for hydroxylation is 1. The molecule has 2 amide bonds. The molecule has 2 heterocycles. The van der Waals surface area contributed by atoms with E-state index < -0.39 is 5.91 Å². The molecule has 0 spiro atoms. The lowest BCUT2D eigenvalue weighted by molar-refractivity contribution is -0.120. The Morgan fingerprint density at radius 3 is 2.43 bits per heavy atom. The average Bonchev–Trinajstić information content (AvgIpc) is 3.27. The van der Waals surface area contributed by atoms with Crippen molar-refractivity contribution in [2.24, 2.45) is 0 Å². The van der Waals surface area contributed by atoms with Gasteiger partial charge in [0.1, 0.15) is 5.70 Å². The number of nitrogens with zero attached hydrogens (tertiary/aromatic N) is 1. The number of anilines is 2. The molecular formula is C22H17ClN2O2S. The molecule has 140 valence electrons. The van der Waals surface area contributed by atoms with Crippen molar-refractivity contribution in [3.8, 4) is 0 Å². The SMILES string of the molecule is Cc1cccc(NC2=C(c3cccs3)C(=O)N(c3ccccc3Cl)C2=O)c1C. The minimum absolute atomic E-state index is 0.265. The number of carbonyl (C=O) groups excluding carboxylic acids is 2. The van der Waals surface area contributed by atoms with Crippen LogP contribution in [0, 0.1) is 13.8 Å². The minimum Gasteiger partial charge on any atom is -0.350 e. The molecule has 0 saturated carbocycles. The quantitative estimate of drug-likeness (QED) is 0.587. The number of hydrogen-bond acceptors (Lipinski definition) is 4. The van der Waals surface area contributed by atoms with Crippen molar-refractivity contribution in [2.75, 3.05) is 10.2 Å². The number of imide groups is 1. The molecule has 4 rings (SSSR count). The van der Waals surface area contributed by atoms with Gasteiger partial charge in [-0.3, -0.25) is 9.59 Å². The molecule has 0 fully saturated rings. The lowest BCUT2D eigenvalue weighted by Gasteiger charge is -2.17. The first kappa shape index (κ1) is 18.5. The standard InChI is InChI=1S/C22H17ClN2O2S/c1-13-7-5-9-16(14(13)2)24-20-19(18-11-6-12-28-18)21(26)25(22(20)27)17-10-4-3-8-15(17)23/h3-12,24H,1-2H3. The molecule has 0 saturated heterocycles. The van der Waals surface area contributed by atoms with Crippen LogP contribution in [0.3, 0.4) is 0 Å². The van der Waals surface area contributed by atoms with Gasteiger partial charge in [0.05, 0.1) is 16.3 Å². The van der Waals surface area contributed by atoms with E-state index in [2.05, 4.69) is 5.32 Å². The highest BCUT2D eigenvalue weighted by Crippen LogP contribution is 2.38. The summed E-state index contributed by atoms with van der Waals surface area (Å²) < 4.78 is 0. The van der Waals surface area contributed by atoms with Crippen molar-refractivity contribution in [1.82, 2.24) is 0 Å². The van der Waals surface area contributed by atoms with E-state index in [0.717, 1.165) is 26.6 Å². The number of para-hydroxylation sites is 1. The molecule has 28 heavy (non-hydrogen) atoms. The van der Waals surface area contributed by atoms with E-state index in [1.54, 1.807) is 24.3 Å². The summed E-state index contributed by atoms with van der Waals surface area (Å²) in [7, 11) is 0. The number of amides is 2. The van der Waals surface area contributed by atoms with Gasteiger partial charge in [-0.2, -0.15) is 0 Å². The zero-order valence-corrected chi connectivity index (χ0v) is 16.9. The van der Waals surface area contributed by atoms with Gasteiger partial charge in [0.15, 0.2) is 0 Å². The fourth-order valence-electron chi connectivity index (χ4n) is 3.17. The summed E-state index contributed by atoms with van der Waals surface area (Å²) in [5.41, 5.74) is 3.93. The Kier molecular flexibility index (Phi) is 4.79. The first-order chi connectivity index (χ1) is 13.5.